The number of aromatic amines is 1. The van der Waals surface area contributed by atoms with Crippen LogP contribution in [0.5, 0.6) is 5.75 Å². The van der Waals surface area contributed by atoms with Crippen LogP contribution in [0.2, 0.25) is 18.1 Å². The van der Waals surface area contributed by atoms with Gasteiger partial charge >= 0.3 is 0 Å². The number of nitrogens with one attached hydrogen (secondary N) is 1. The van der Waals surface area contributed by atoms with Gasteiger partial charge in [0.15, 0.2) is 8.32 Å². The number of aromatic nitrogens is 2. The standard InChI is InChI=1S/C30H39N3O2Si/c1-30(2,3)36(4,5)35-26(22-34-28-18-12-17-27-29(28)32-23-31-27)21-33(19-24-13-8-6-9-14-24)20-25-15-10-7-11-16-25/h6-18,23,26H,19-22H2,1-5H3,(H,31,32)/t26-/m0/s1. The van der Waals surface area contributed by atoms with Crippen molar-refractivity contribution in [2.45, 2.75) is 58.1 Å². The van der Waals surface area contributed by atoms with E-state index < -0.39 is 8.32 Å². The van der Waals surface area contributed by atoms with Gasteiger partial charge in [-0.1, -0.05) is 87.5 Å². The molecule has 190 valence electrons. The van der Waals surface area contributed by atoms with Gasteiger partial charge in [0.25, 0.3) is 0 Å². The van der Waals surface area contributed by atoms with E-state index in [0.29, 0.717) is 6.61 Å². The minimum Gasteiger partial charge on any atom is -0.489 e. The summed E-state index contributed by atoms with van der Waals surface area (Å²) < 4.78 is 13.4. The van der Waals surface area contributed by atoms with E-state index in [2.05, 4.69) is 109 Å². The van der Waals surface area contributed by atoms with Crippen LogP contribution in [0.1, 0.15) is 31.9 Å². The Hall–Kier alpha value is -2.93. The zero-order chi connectivity index (χ0) is 25.6. The minimum absolute atomic E-state index is 0.0764. The van der Waals surface area contributed by atoms with Gasteiger partial charge in [0.1, 0.15) is 17.9 Å². The lowest BCUT2D eigenvalue weighted by Crippen LogP contribution is -2.48. The van der Waals surface area contributed by atoms with Crippen molar-refractivity contribution in [1.82, 2.24) is 14.9 Å². The predicted molar refractivity (Wildman–Crippen MR) is 151 cm³/mol. The maximum Gasteiger partial charge on any atom is 0.192 e. The van der Waals surface area contributed by atoms with E-state index in [-0.39, 0.29) is 11.1 Å². The molecule has 0 unspecified atom stereocenters. The van der Waals surface area contributed by atoms with Crippen LogP contribution in [-0.2, 0) is 17.5 Å². The monoisotopic (exact) mass is 501 g/mol. The fourth-order valence-electron chi connectivity index (χ4n) is 4.11. The van der Waals surface area contributed by atoms with Crippen molar-refractivity contribution in [3.63, 3.8) is 0 Å². The van der Waals surface area contributed by atoms with E-state index in [4.69, 9.17) is 9.16 Å². The molecule has 1 N–H and O–H groups in total. The van der Waals surface area contributed by atoms with E-state index in [1.165, 1.54) is 11.1 Å². The molecule has 0 saturated carbocycles. The van der Waals surface area contributed by atoms with Crippen LogP contribution in [0.3, 0.4) is 0 Å². The largest absolute Gasteiger partial charge is 0.489 e. The molecule has 0 amide bonds. The van der Waals surface area contributed by atoms with Gasteiger partial charge in [0, 0.05) is 19.6 Å². The third-order valence-electron chi connectivity index (χ3n) is 7.06. The molecule has 3 aromatic carbocycles. The molecule has 0 aliphatic carbocycles. The maximum atomic E-state index is 6.97. The molecular formula is C30H39N3O2Si. The van der Waals surface area contributed by atoms with E-state index >= 15 is 0 Å². The second kappa shape index (κ2) is 11.4. The van der Waals surface area contributed by atoms with Gasteiger partial charge in [-0.2, -0.15) is 0 Å². The average molecular weight is 502 g/mol. The highest BCUT2D eigenvalue weighted by molar-refractivity contribution is 6.74. The number of benzene rings is 3. The topological polar surface area (TPSA) is 50.4 Å². The molecule has 1 heterocycles. The number of hydrogen-bond acceptors (Lipinski definition) is 4. The van der Waals surface area contributed by atoms with Crippen LogP contribution in [-0.4, -0.2) is 42.4 Å². The highest BCUT2D eigenvalue weighted by Gasteiger charge is 2.39. The summed E-state index contributed by atoms with van der Waals surface area (Å²) in [6.07, 6.45) is 1.63. The van der Waals surface area contributed by atoms with Crippen LogP contribution in [0, 0.1) is 0 Å². The zero-order valence-corrected chi connectivity index (χ0v) is 23.2. The number of para-hydroxylation sites is 1. The Labute approximate surface area is 216 Å². The Balaban J connectivity index is 1.57. The Bertz CT molecular complexity index is 1180. The summed E-state index contributed by atoms with van der Waals surface area (Å²) in [5, 5.41) is 0.108. The summed E-state index contributed by atoms with van der Waals surface area (Å²) >= 11 is 0. The number of rotatable bonds is 11. The van der Waals surface area contributed by atoms with Crippen molar-refractivity contribution in [3.8, 4) is 5.75 Å². The molecule has 0 radical (unpaired) electrons. The lowest BCUT2D eigenvalue weighted by molar-refractivity contribution is 0.0706. The van der Waals surface area contributed by atoms with Crippen molar-refractivity contribution in [2.24, 2.45) is 0 Å². The van der Waals surface area contributed by atoms with Gasteiger partial charge < -0.3 is 14.1 Å². The van der Waals surface area contributed by atoms with Gasteiger partial charge in [-0.3, -0.25) is 4.90 Å². The molecule has 1 aromatic heterocycles. The SMILES string of the molecule is CC(C)(C)[Si](C)(C)O[C@H](COc1cccc2[nH]cnc12)CN(Cc1ccccc1)Cc1ccccc1. The molecule has 0 spiro atoms. The number of imidazole rings is 1. The molecule has 0 saturated heterocycles. The van der Waals surface area contributed by atoms with E-state index in [9.17, 15) is 0 Å². The van der Waals surface area contributed by atoms with Crippen molar-refractivity contribution >= 4 is 19.4 Å². The number of fused-ring (bicyclic) bond motifs is 1. The Morgan fingerprint density at radius 2 is 1.47 bits per heavy atom. The predicted octanol–water partition coefficient (Wildman–Crippen LogP) is 7.03. The van der Waals surface area contributed by atoms with Gasteiger partial charge in [0.2, 0.25) is 0 Å². The Kier molecular flexibility index (Phi) is 8.29. The van der Waals surface area contributed by atoms with Crippen LogP contribution in [0.25, 0.3) is 11.0 Å². The molecule has 0 aliphatic heterocycles. The molecule has 36 heavy (non-hydrogen) atoms. The summed E-state index contributed by atoms with van der Waals surface area (Å²) in [4.78, 5) is 10.1. The van der Waals surface area contributed by atoms with Gasteiger partial charge in [0.05, 0.1) is 17.9 Å². The number of nitrogens with zero attached hydrogens (tertiary/aromatic N) is 2. The lowest BCUT2D eigenvalue weighted by atomic mass is 10.1. The molecule has 0 bridgehead atoms. The van der Waals surface area contributed by atoms with Crippen LogP contribution in [0.4, 0.5) is 0 Å². The third kappa shape index (κ3) is 6.84. The van der Waals surface area contributed by atoms with Crippen LogP contribution in [0.15, 0.2) is 85.2 Å². The second-order valence-electron chi connectivity index (χ2n) is 11.0. The highest BCUT2D eigenvalue weighted by Crippen LogP contribution is 2.37. The second-order valence-corrected chi connectivity index (χ2v) is 15.8. The van der Waals surface area contributed by atoms with Crippen LogP contribution >= 0.6 is 0 Å². The lowest BCUT2D eigenvalue weighted by Gasteiger charge is -2.40. The smallest absolute Gasteiger partial charge is 0.192 e. The molecule has 0 aliphatic rings. The Morgan fingerprint density at radius 3 is 2.06 bits per heavy atom. The summed E-state index contributed by atoms with van der Waals surface area (Å²) in [6.45, 7) is 14.4. The highest BCUT2D eigenvalue weighted by atomic mass is 28.4. The number of H-pyrrole nitrogens is 1. The summed E-state index contributed by atoms with van der Waals surface area (Å²) in [7, 11) is -2.03. The molecule has 0 fully saturated rings. The molecule has 6 heteroatoms. The van der Waals surface area contributed by atoms with E-state index in [0.717, 1.165) is 36.4 Å². The van der Waals surface area contributed by atoms with Gasteiger partial charge in [-0.05, 0) is 41.4 Å². The fourth-order valence-corrected chi connectivity index (χ4v) is 5.44. The van der Waals surface area contributed by atoms with Crippen molar-refractivity contribution in [2.75, 3.05) is 13.2 Å². The van der Waals surface area contributed by atoms with Crippen LogP contribution < -0.4 is 4.74 Å². The zero-order valence-electron chi connectivity index (χ0n) is 22.2. The van der Waals surface area contributed by atoms with E-state index in [1.807, 2.05) is 18.2 Å². The van der Waals surface area contributed by atoms with Gasteiger partial charge in [-0.25, -0.2) is 4.98 Å². The summed E-state index contributed by atoms with van der Waals surface area (Å²) in [5.41, 5.74) is 4.42. The first-order valence-electron chi connectivity index (χ1n) is 12.7. The molecular weight excluding hydrogens is 462 g/mol. The molecule has 1 atom stereocenters. The fraction of sp³-hybridized carbons (Fsp3) is 0.367. The molecule has 4 aromatic rings. The first-order chi connectivity index (χ1) is 17.2. The molecule has 4 rings (SSSR count). The van der Waals surface area contributed by atoms with E-state index in [1.54, 1.807) is 6.33 Å². The number of ether oxygens (including phenoxy) is 1. The van der Waals surface area contributed by atoms with Crippen molar-refractivity contribution < 1.29 is 9.16 Å². The van der Waals surface area contributed by atoms with Gasteiger partial charge in [-0.15, -0.1) is 0 Å². The van der Waals surface area contributed by atoms with Crippen molar-refractivity contribution in [3.05, 3.63) is 96.3 Å². The third-order valence-corrected chi connectivity index (χ3v) is 11.6. The summed E-state index contributed by atoms with van der Waals surface area (Å²) in [5.74, 6) is 0.787. The maximum absolute atomic E-state index is 6.97. The summed E-state index contributed by atoms with van der Waals surface area (Å²) in [6, 6.07) is 27.3. The minimum atomic E-state index is -2.03. The normalized spacial score (nSPS) is 13.3. The number of hydrogen-bond donors (Lipinski definition) is 1. The first kappa shape index (κ1) is 26.1. The average Bonchev–Trinajstić information content (AvgIpc) is 3.32. The Morgan fingerprint density at radius 1 is 0.861 bits per heavy atom. The van der Waals surface area contributed by atoms with Crippen molar-refractivity contribution in [1.29, 1.82) is 0 Å². The molecule has 5 nitrogen and oxygen atoms in total. The first-order valence-corrected chi connectivity index (χ1v) is 15.6. The quantitative estimate of drug-likeness (QED) is 0.224.